The van der Waals surface area contributed by atoms with Crippen molar-refractivity contribution in [1.29, 1.82) is 0 Å². The van der Waals surface area contributed by atoms with Gasteiger partial charge in [0.15, 0.2) is 0 Å². The molecule has 8 heteroatoms. The molecule has 0 aliphatic carbocycles. The van der Waals surface area contributed by atoms with Gasteiger partial charge in [-0.25, -0.2) is 0 Å². The molecular weight excluding hydrogens is 248 g/mol. The summed E-state index contributed by atoms with van der Waals surface area (Å²) < 4.78 is 0. The van der Waals surface area contributed by atoms with E-state index in [0.717, 1.165) is 11.3 Å². The van der Waals surface area contributed by atoms with Crippen LogP contribution in [0.3, 0.4) is 0 Å². The van der Waals surface area contributed by atoms with Crippen LogP contribution in [0.2, 0.25) is 0 Å². The normalized spacial score (nSPS) is 9.88. The molecule has 0 radical (unpaired) electrons. The first-order valence-electron chi connectivity index (χ1n) is 4.73. The number of thiophene rings is 1. The fraction of sp³-hybridized carbons (Fsp3) is 0.333. The summed E-state index contributed by atoms with van der Waals surface area (Å²) in [6, 6.07) is 1.19. The molecule has 1 heterocycles. The van der Waals surface area contributed by atoms with Crippen molar-refractivity contribution >= 4 is 28.2 Å². The fourth-order valence-corrected chi connectivity index (χ4v) is 1.79. The molecule has 17 heavy (non-hydrogen) atoms. The van der Waals surface area contributed by atoms with E-state index < -0.39 is 16.8 Å². The average molecular weight is 258 g/mol. The quantitative estimate of drug-likeness (QED) is 0.453. The third kappa shape index (κ3) is 4.19. The van der Waals surface area contributed by atoms with Crippen LogP contribution in [-0.4, -0.2) is 28.5 Å². The van der Waals surface area contributed by atoms with Gasteiger partial charge in [-0.15, -0.1) is 0 Å². The Labute approximate surface area is 100 Å². The van der Waals surface area contributed by atoms with Crippen LogP contribution in [0.1, 0.15) is 23.2 Å². The molecule has 0 fully saturated rings. The second-order valence-corrected chi connectivity index (χ2v) is 4.07. The number of hydrogen-bond acceptors (Lipinski definition) is 5. The van der Waals surface area contributed by atoms with Crippen LogP contribution in [0.15, 0.2) is 11.4 Å². The zero-order valence-electron chi connectivity index (χ0n) is 8.71. The van der Waals surface area contributed by atoms with Gasteiger partial charge in [0.05, 0.1) is 10.5 Å². The lowest BCUT2D eigenvalue weighted by Gasteiger charge is -2.01. The lowest BCUT2D eigenvalue weighted by molar-refractivity contribution is -0.380. The van der Waals surface area contributed by atoms with Crippen molar-refractivity contribution in [2.45, 2.75) is 12.8 Å². The molecular formula is C9H10N2O5S. The summed E-state index contributed by atoms with van der Waals surface area (Å²) in [5.74, 6) is -1.36. The van der Waals surface area contributed by atoms with E-state index in [1.165, 1.54) is 11.4 Å². The molecule has 0 spiro atoms. The first-order chi connectivity index (χ1) is 8.00. The summed E-state index contributed by atoms with van der Waals surface area (Å²) >= 11 is 0.876. The van der Waals surface area contributed by atoms with Gasteiger partial charge in [-0.1, -0.05) is 11.3 Å². The van der Waals surface area contributed by atoms with Gasteiger partial charge in [-0.2, -0.15) is 0 Å². The second-order valence-electron chi connectivity index (χ2n) is 3.18. The molecule has 1 amide bonds. The number of carbonyl (C=O) groups excluding carboxylic acids is 1. The number of carboxylic acid groups (broad SMARTS) is 1. The molecule has 0 bridgehead atoms. The Morgan fingerprint density at radius 2 is 2.24 bits per heavy atom. The summed E-state index contributed by atoms with van der Waals surface area (Å²) in [6.45, 7) is 0.231. The Kier molecular flexibility index (Phi) is 4.58. The van der Waals surface area contributed by atoms with E-state index in [1.54, 1.807) is 0 Å². The number of aliphatic carboxylic acids is 1. The zero-order chi connectivity index (χ0) is 12.8. The van der Waals surface area contributed by atoms with E-state index in [1.807, 2.05) is 0 Å². The molecule has 0 aliphatic rings. The van der Waals surface area contributed by atoms with Crippen LogP contribution in [0.25, 0.3) is 0 Å². The van der Waals surface area contributed by atoms with E-state index in [0.29, 0.717) is 6.42 Å². The van der Waals surface area contributed by atoms with Crippen molar-refractivity contribution in [2.24, 2.45) is 0 Å². The molecule has 0 saturated carbocycles. The lowest BCUT2D eigenvalue weighted by Crippen LogP contribution is -2.24. The minimum Gasteiger partial charge on any atom is -0.481 e. The van der Waals surface area contributed by atoms with Gasteiger partial charge in [-0.05, 0) is 6.42 Å². The number of carbonyl (C=O) groups is 2. The Morgan fingerprint density at radius 1 is 1.53 bits per heavy atom. The van der Waals surface area contributed by atoms with Crippen molar-refractivity contribution in [3.63, 3.8) is 0 Å². The van der Waals surface area contributed by atoms with Crippen LogP contribution in [0.5, 0.6) is 0 Å². The first kappa shape index (κ1) is 13.1. The molecule has 1 aromatic rings. The molecule has 0 aromatic carbocycles. The molecule has 0 saturated heterocycles. The van der Waals surface area contributed by atoms with Gasteiger partial charge in [0, 0.05) is 24.4 Å². The predicted molar refractivity (Wildman–Crippen MR) is 60.2 cm³/mol. The van der Waals surface area contributed by atoms with E-state index in [4.69, 9.17) is 5.11 Å². The highest BCUT2D eigenvalue weighted by molar-refractivity contribution is 7.13. The fourth-order valence-electron chi connectivity index (χ4n) is 1.08. The average Bonchev–Trinajstić information content (AvgIpc) is 2.73. The number of hydrogen-bond donors (Lipinski definition) is 2. The third-order valence-electron chi connectivity index (χ3n) is 1.88. The van der Waals surface area contributed by atoms with Crippen LogP contribution in [0, 0.1) is 10.1 Å². The maximum atomic E-state index is 11.5. The second kappa shape index (κ2) is 5.94. The summed E-state index contributed by atoms with van der Waals surface area (Å²) in [7, 11) is 0. The molecule has 1 aromatic heterocycles. The molecule has 1 rings (SSSR count). The zero-order valence-corrected chi connectivity index (χ0v) is 9.53. The molecule has 0 atom stereocenters. The summed E-state index contributed by atoms with van der Waals surface area (Å²) in [5, 5.41) is 22.6. The molecule has 7 nitrogen and oxygen atoms in total. The largest absolute Gasteiger partial charge is 0.481 e. The first-order valence-corrected chi connectivity index (χ1v) is 5.61. The topological polar surface area (TPSA) is 110 Å². The van der Waals surface area contributed by atoms with Crippen LogP contribution < -0.4 is 5.32 Å². The summed E-state index contributed by atoms with van der Waals surface area (Å²) in [5.41, 5.74) is 0.219. The minimum atomic E-state index is -0.926. The van der Waals surface area contributed by atoms with Gasteiger partial charge in [0.1, 0.15) is 0 Å². The number of nitrogens with zero attached hydrogens (tertiary/aromatic N) is 1. The van der Waals surface area contributed by atoms with Crippen molar-refractivity contribution in [3.8, 4) is 0 Å². The molecule has 0 aliphatic heterocycles. The highest BCUT2D eigenvalue weighted by atomic mass is 32.1. The van der Waals surface area contributed by atoms with Crippen molar-refractivity contribution in [3.05, 3.63) is 27.1 Å². The standard InChI is InChI=1S/C9H10N2O5S/c12-8(13)2-1-3-10-9(14)6-4-7(11(15)16)17-5-6/h4-5H,1-3H2,(H,10,14)(H,12,13). The van der Waals surface area contributed by atoms with Gasteiger partial charge >= 0.3 is 11.0 Å². The number of nitrogens with one attached hydrogen (secondary N) is 1. The van der Waals surface area contributed by atoms with Crippen molar-refractivity contribution in [1.82, 2.24) is 5.32 Å². The van der Waals surface area contributed by atoms with E-state index >= 15 is 0 Å². The Hall–Kier alpha value is -1.96. The van der Waals surface area contributed by atoms with Crippen LogP contribution in [-0.2, 0) is 4.79 Å². The van der Waals surface area contributed by atoms with Crippen molar-refractivity contribution < 1.29 is 19.6 Å². The Morgan fingerprint density at radius 3 is 2.76 bits per heavy atom. The number of amides is 1. The van der Waals surface area contributed by atoms with E-state index in [2.05, 4.69) is 5.32 Å². The van der Waals surface area contributed by atoms with Gasteiger partial charge in [-0.3, -0.25) is 19.7 Å². The molecule has 2 N–H and O–H groups in total. The highest BCUT2D eigenvalue weighted by Gasteiger charge is 2.14. The van der Waals surface area contributed by atoms with Crippen LogP contribution >= 0.6 is 11.3 Å². The van der Waals surface area contributed by atoms with Gasteiger partial charge in [0.25, 0.3) is 5.91 Å². The molecule has 92 valence electrons. The number of carboxylic acids is 1. The van der Waals surface area contributed by atoms with Gasteiger partial charge in [0.2, 0.25) is 0 Å². The summed E-state index contributed by atoms with van der Waals surface area (Å²) in [4.78, 5) is 31.5. The summed E-state index contributed by atoms with van der Waals surface area (Å²) in [6.07, 6.45) is 0.303. The third-order valence-corrected chi connectivity index (χ3v) is 2.76. The smallest absolute Gasteiger partial charge is 0.324 e. The number of rotatable bonds is 6. The maximum Gasteiger partial charge on any atom is 0.324 e. The SMILES string of the molecule is O=C(O)CCCNC(=O)c1csc([N+](=O)[O-])c1. The lowest BCUT2D eigenvalue weighted by atomic mass is 10.3. The van der Waals surface area contributed by atoms with Crippen LogP contribution in [0.4, 0.5) is 5.00 Å². The van der Waals surface area contributed by atoms with E-state index in [9.17, 15) is 19.7 Å². The van der Waals surface area contributed by atoms with Crippen molar-refractivity contribution in [2.75, 3.05) is 6.54 Å². The minimum absolute atomic E-state index is 0.0237. The number of nitro groups is 1. The monoisotopic (exact) mass is 258 g/mol. The highest BCUT2D eigenvalue weighted by Crippen LogP contribution is 2.22. The Balaban J connectivity index is 2.41. The Bertz CT molecular complexity index is 442. The van der Waals surface area contributed by atoms with E-state index in [-0.39, 0.29) is 23.5 Å². The predicted octanol–water partition coefficient (Wildman–Crippen LogP) is 1.25. The van der Waals surface area contributed by atoms with Gasteiger partial charge < -0.3 is 10.4 Å². The molecule has 0 unspecified atom stereocenters. The maximum absolute atomic E-state index is 11.5.